The van der Waals surface area contributed by atoms with Crippen LogP contribution >= 0.6 is 0 Å². The molecule has 0 aromatic heterocycles. The molecular weight excluding hydrogens is 142 g/mol. The zero-order valence-corrected chi connectivity index (χ0v) is 6.79. The van der Waals surface area contributed by atoms with E-state index in [4.69, 9.17) is 0 Å². The predicted molar refractivity (Wildman–Crippen MR) is 44.4 cm³/mol. The Bertz CT molecular complexity index is 92.3. The number of aldehydes is 1. The number of hydrogen-bond donors (Lipinski definition) is 0. The normalized spacial score (nSPS) is 9.45. The molecule has 0 aliphatic heterocycles. The van der Waals surface area contributed by atoms with E-state index in [-0.39, 0.29) is 0 Å². The summed E-state index contributed by atoms with van der Waals surface area (Å²) < 4.78 is 0. The highest BCUT2D eigenvalue weighted by atomic mass is 16.3. The number of carbonyl (C=O) groups excluding carboxylic acids is 1. The molecule has 3 nitrogen and oxygen atoms in total. The summed E-state index contributed by atoms with van der Waals surface area (Å²) in [5, 5.41) is 2.76. The molecule has 0 radical (unpaired) electrons. The molecule has 0 fully saturated rings. The van der Waals surface area contributed by atoms with Crippen molar-refractivity contribution in [2.24, 2.45) is 5.18 Å². The summed E-state index contributed by atoms with van der Waals surface area (Å²) in [7, 11) is 0. The van der Waals surface area contributed by atoms with E-state index in [1.807, 2.05) is 0 Å². The van der Waals surface area contributed by atoms with E-state index in [1.165, 1.54) is 0 Å². The first kappa shape index (κ1) is 10.3. The molecule has 64 valence electrons. The standard InChI is InChI=1S/C8H15NO2/c10-8-6-4-2-1-3-5-7-9-11/h8H,1-7H2. The molecule has 0 amide bonds. The molecule has 0 N–H and O–H groups in total. The second kappa shape index (κ2) is 9.27. The minimum absolute atomic E-state index is 0.438. The Morgan fingerprint density at radius 2 is 1.64 bits per heavy atom. The van der Waals surface area contributed by atoms with Gasteiger partial charge in [-0.25, -0.2) is 0 Å². The van der Waals surface area contributed by atoms with Crippen LogP contribution in [0, 0.1) is 4.91 Å². The highest BCUT2D eigenvalue weighted by Crippen LogP contribution is 2.03. The van der Waals surface area contributed by atoms with Crippen LogP contribution in [0.25, 0.3) is 0 Å². The van der Waals surface area contributed by atoms with Crippen LogP contribution < -0.4 is 0 Å². The SMILES string of the molecule is O=CCCCCCCCN=O. The third kappa shape index (κ3) is 9.27. The lowest BCUT2D eigenvalue weighted by Gasteiger charge is -1.95. The van der Waals surface area contributed by atoms with Crippen molar-refractivity contribution >= 4 is 6.29 Å². The van der Waals surface area contributed by atoms with Gasteiger partial charge < -0.3 is 4.79 Å². The molecule has 0 aromatic carbocycles. The van der Waals surface area contributed by atoms with E-state index in [2.05, 4.69) is 5.18 Å². The van der Waals surface area contributed by atoms with E-state index >= 15 is 0 Å². The number of hydrogen-bond acceptors (Lipinski definition) is 3. The molecule has 0 aliphatic rings. The number of nitrogens with zero attached hydrogens (tertiary/aromatic N) is 1. The minimum atomic E-state index is 0.438. The van der Waals surface area contributed by atoms with Crippen LogP contribution in [0.2, 0.25) is 0 Å². The van der Waals surface area contributed by atoms with Crippen LogP contribution in [-0.4, -0.2) is 12.8 Å². The maximum atomic E-state index is 9.88. The Kier molecular flexibility index (Phi) is 8.65. The Morgan fingerprint density at radius 3 is 2.27 bits per heavy atom. The Labute approximate surface area is 67.2 Å². The Morgan fingerprint density at radius 1 is 1.00 bits per heavy atom. The van der Waals surface area contributed by atoms with Gasteiger partial charge in [0.15, 0.2) is 0 Å². The van der Waals surface area contributed by atoms with Crippen LogP contribution in [0.15, 0.2) is 5.18 Å². The van der Waals surface area contributed by atoms with E-state index in [1.54, 1.807) is 0 Å². The molecule has 0 rings (SSSR count). The van der Waals surface area contributed by atoms with Crippen LogP contribution in [0.4, 0.5) is 0 Å². The van der Waals surface area contributed by atoms with Crippen molar-refractivity contribution in [2.45, 2.75) is 38.5 Å². The van der Waals surface area contributed by atoms with Crippen molar-refractivity contribution in [1.82, 2.24) is 0 Å². The van der Waals surface area contributed by atoms with Crippen LogP contribution in [0.3, 0.4) is 0 Å². The minimum Gasteiger partial charge on any atom is -0.303 e. The average Bonchev–Trinajstić information content (AvgIpc) is 2.03. The molecule has 0 atom stereocenters. The summed E-state index contributed by atoms with van der Waals surface area (Å²) in [5.74, 6) is 0. The molecule has 3 heteroatoms. The lowest BCUT2D eigenvalue weighted by Crippen LogP contribution is -1.82. The largest absolute Gasteiger partial charge is 0.303 e. The van der Waals surface area contributed by atoms with Gasteiger partial charge in [-0.3, -0.25) is 0 Å². The van der Waals surface area contributed by atoms with Crippen molar-refractivity contribution in [3.8, 4) is 0 Å². The summed E-state index contributed by atoms with van der Waals surface area (Å²) in [6.45, 7) is 0.438. The van der Waals surface area contributed by atoms with Crippen LogP contribution in [-0.2, 0) is 4.79 Å². The first-order valence-corrected chi connectivity index (χ1v) is 4.14. The zero-order valence-electron chi connectivity index (χ0n) is 6.79. The summed E-state index contributed by atoms with van der Waals surface area (Å²) in [4.78, 5) is 19.5. The monoisotopic (exact) mass is 157 g/mol. The van der Waals surface area contributed by atoms with Gasteiger partial charge in [0.05, 0.1) is 6.54 Å². The van der Waals surface area contributed by atoms with Crippen LogP contribution in [0.1, 0.15) is 38.5 Å². The van der Waals surface area contributed by atoms with Crippen molar-refractivity contribution < 1.29 is 4.79 Å². The third-order valence-electron chi connectivity index (χ3n) is 1.57. The predicted octanol–water partition coefficient (Wildman–Crippen LogP) is 2.29. The second-order valence-corrected chi connectivity index (χ2v) is 2.58. The Balaban J connectivity index is 2.79. The highest BCUT2D eigenvalue weighted by molar-refractivity contribution is 5.48. The topological polar surface area (TPSA) is 46.5 Å². The summed E-state index contributed by atoms with van der Waals surface area (Å²) in [6.07, 6.45) is 6.77. The third-order valence-corrected chi connectivity index (χ3v) is 1.57. The van der Waals surface area contributed by atoms with Gasteiger partial charge in [0.25, 0.3) is 0 Å². The highest BCUT2D eigenvalue weighted by Gasteiger charge is 1.89. The molecule has 0 aromatic rings. The van der Waals surface area contributed by atoms with E-state index in [9.17, 15) is 9.70 Å². The summed E-state index contributed by atoms with van der Waals surface area (Å²) >= 11 is 0. The molecule has 11 heavy (non-hydrogen) atoms. The lowest BCUT2D eigenvalue weighted by molar-refractivity contribution is -0.107. The molecule has 0 saturated carbocycles. The van der Waals surface area contributed by atoms with Crippen molar-refractivity contribution in [3.05, 3.63) is 4.91 Å². The zero-order chi connectivity index (χ0) is 8.36. The van der Waals surface area contributed by atoms with Gasteiger partial charge in [0, 0.05) is 6.42 Å². The molecule has 0 spiro atoms. The summed E-state index contributed by atoms with van der Waals surface area (Å²) in [5.41, 5.74) is 0. The lowest BCUT2D eigenvalue weighted by atomic mass is 10.1. The smallest absolute Gasteiger partial charge is 0.119 e. The number of unbranched alkanes of at least 4 members (excludes halogenated alkanes) is 5. The second-order valence-electron chi connectivity index (χ2n) is 2.58. The first-order chi connectivity index (χ1) is 5.41. The quantitative estimate of drug-likeness (QED) is 0.308. The molecule has 0 saturated heterocycles. The number of carbonyl (C=O) groups is 1. The molecular formula is C8H15NO2. The van der Waals surface area contributed by atoms with Gasteiger partial charge in [-0.05, 0) is 12.8 Å². The molecule has 0 heterocycles. The number of nitroso groups, excluding NO2 is 1. The average molecular weight is 157 g/mol. The fourth-order valence-electron chi connectivity index (χ4n) is 0.934. The Hall–Kier alpha value is -0.730. The van der Waals surface area contributed by atoms with Crippen LogP contribution in [0.5, 0.6) is 0 Å². The van der Waals surface area contributed by atoms with E-state index in [0.717, 1.165) is 38.4 Å². The fourth-order valence-corrected chi connectivity index (χ4v) is 0.934. The maximum Gasteiger partial charge on any atom is 0.119 e. The van der Waals surface area contributed by atoms with Gasteiger partial charge in [-0.2, -0.15) is 4.91 Å². The first-order valence-electron chi connectivity index (χ1n) is 4.14. The van der Waals surface area contributed by atoms with Gasteiger partial charge in [0.2, 0.25) is 0 Å². The van der Waals surface area contributed by atoms with E-state index < -0.39 is 0 Å². The van der Waals surface area contributed by atoms with Crippen molar-refractivity contribution in [3.63, 3.8) is 0 Å². The maximum absolute atomic E-state index is 9.88. The fraction of sp³-hybridized carbons (Fsp3) is 0.875. The van der Waals surface area contributed by atoms with Gasteiger partial charge in [0.1, 0.15) is 6.29 Å². The van der Waals surface area contributed by atoms with Crippen molar-refractivity contribution in [1.29, 1.82) is 0 Å². The number of rotatable bonds is 8. The van der Waals surface area contributed by atoms with Crippen molar-refractivity contribution in [2.75, 3.05) is 6.54 Å². The summed E-state index contributed by atoms with van der Waals surface area (Å²) in [6, 6.07) is 0. The molecule has 0 aliphatic carbocycles. The molecule has 0 bridgehead atoms. The molecule has 0 unspecified atom stereocenters. The van der Waals surface area contributed by atoms with Gasteiger partial charge >= 0.3 is 0 Å². The van der Waals surface area contributed by atoms with E-state index in [0.29, 0.717) is 13.0 Å². The van der Waals surface area contributed by atoms with Gasteiger partial charge in [-0.1, -0.05) is 24.4 Å². The van der Waals surface area contributed by atoms with Gasteiger partial charge in [-0.15, -0.1) is 0 Å².